The Labute approximate surface area is 222 Å². The number of carbonyl (C=O) groups is 1. The largest absolute Gasteiger partial charge is 0.481 e. The summed E-state index contributed by atoms with van der Waals surface area (Å²) < 4.78 is 2.27. The van der Waals surface area contributed by atoms with Crippen molar-refractivity contribution in [3.63, 3.8) is 0 Å². The van der Waals surface area contributed by atoms with Gasteiger partial charge in [0.1, 0.15) is 11.6 Å². The number of hydrogen-bond donors (Lipinski definition) is 3. The highest BCUT2D eigenvalue weighted by atomic mass is 16.4. The summed E-state index contributed by atoms with van der Waals surface area (Å²) >= 11 is 0. The van der Waals surface area contributed by atoms with Crippen molar-refractivity contribution < 1.29 is 9.90 Å². The smallest absolute Gasteiger partial charge is 0.303 e. The Morgan fingerprint density at radius 3 is 2.54 bits per heavy atom. The summed E-state index contributed by atoms with van der Waals surface area (Å²) in [7, 11) is 0. The zero-order valence-electron chi connectivity index (χ0n) is 23.1. The minimum Gasteiger partial charge on any atom is -0.481 e. The molecule has 4 rings (SSSR count). The fourth-order valence-electron chi connectivity index (χ4n) is 6.11. The molecule has 3 N–H and O–H groups in total. The summed E-state index contributed by atoms with van der Waals surface area (Å²) in [6, 6.07) is -0.0208. The van der Waals surface area contributed by atoms with E-state index >= 15 is 0 Å². The first-order valence-electron chi connectivity index (χ1n) is 14.1. The van der Waals surface area contributed by atoms with Crippen molar-refractivity contribution in [3.8, 4) is 0 Å². The summed E-state index contributed by atoms with van der Waals surface area (Å²) in [5.41, 5.74) is 0.921. The highest BCUT2D eigenvalue weighted by Crippen LogP contribution is 2.40. The number of H-pyrrole nitrogens is 1. The van der Waals surface area contributed by atoms with E-state index in [4.69, 9.17) is 5.11 Å². The molecule has 1 unspecified atom stereocenters. The molecule has 0 saturated carbocycles. The second-order valence-corrected chi connectivity index (χ2v) is 12.4. The molecule has 2 saturated heterocycles. The monoisotopic (exact) mass is 513 g/mol. The summed E-state index contributed by atoms with van der Waals surface area (Å²) in [4.78, 5) is 28.5. The molecule has 9 heteroatoms. The molecule has 0 bridgehead atoms. The number of carboxylic acid groups (broad SMARTS) is 1. The number of aliphatic carboxylic acids is 1. The van der Waals surface area contributed by atoms with E-state index in [0.29, 0.717) is 30.2 Å². The molecule has 2 aromatic heterocycles. The Morgan fingerprint density at radius 2 is 1.86 bits per heavy atom. The van der Waals surface area contributed by atoms with Crippen LogP contribution in [0, 0.1) is 10.8 Å². The molecule has 0 radical (unpaired) electrons. The number of aromatic nitrogens is 4. The summed E-state index contributed by atoms with van der Waals surface area (Å²) in [6.07, 6.45) is 14.2. The molecule has 0 amide bonds. The first-order valence-corrected chi connectivity index (χ1v) is 14.1. The maximum absolute atomic E-state index is 10.9. The lowest BCUT2D eigenvalue weighted by atomic mass is 9.77. The maximum atomic E-state index is 10.9. The number of piperidine rings is 1. The van der Waals surface area contributed by atoms with Gasteiger partial charge in [-0.15, -0.1) is 0 Å². The lowest BCUT2D eigenvalue weighted by molar-refractivity contribution is -0.137. The topological polar surface area (TPSA) is 102 Å². The zero-order valence-corrected chi connectivity index (χ0v) is 23.1. The number of aromatic amines is 1. The van der Waals surface area contributed by atoms with E-state index in [1.165, 1.54) is 52.0 Å². The van der Waals surface area contributed by atoms with Gasteiger partial charge in [0, 0.05) is 57.3 Å². The normalized spacial score (nSPS) is 19.5. The van der Waals surface area contributed by atoms with Gasteiger partial charge in [-0.25, -0.2) is 9.97 Å². The molecule has 1 spiro atoms. The zero-order chi connectivity index (χ0) is 26.3. The van der Waals surface area contributed by atoms with E-state index < -0.39 is 5.97 Å². The van der Waals surface area contributed by atoms with Crippen LogP contribution < -0.4 is 5.32 Å². The predicted octanol–water partition coefficient (Wildman–Crippen LogP) is 3.57. The highest BCUT2D eigenvalue weighted by Gasteiger charge is 2.40. The fraction of sp³-hybridized carbons (Fsp3) is 0.750. The van der Waals surface area contributed by atoms with Crippen molar-refractivity contribution in [3.05, 3.63) is 36.4 Å². The number of nitrogens with one attached hydrogen (secondary N) is 2. The summed E-state index contributed by atoms with van der Waals surface area (Å²) in [5.74, 6) is 1.14. The molecule has 2 aromatic rings. The van der Waals surface area contributed by atoms with Crippen molar-refractivity contribution in [2.75, 3.05) is 45.8 Å². The van der Waals surface area contributed by atoms with Gasteiger partial charge in [-0.2, -0.15) is 0 Å². The molecule has 37 heavy (non-hydrogen) atoms. The third-order valence-electron chi connectivity index (χ3n) is 8.00. The molecule has 2 aliphatic rings. The van der Waals surface area contributed by atoms with E-state index in [0.717, 1.165) is 31.2 Å². The minimum absolute atomic E-state index is 0.0208. The summed E-state index contributed by atoms with van der Waals surface area (Å²) in [5, 5.41) is 12.4. The van der Waals surface area contributed by atoms with Crippen molar-refractivity contribution in [1.82, 2.24) is 34.6 Å². The molecule has 2 fully saturated rings. The Hall–Kier alpha value is -2.23. The molecule has 2 aliphatic heterocycles. The number of aryl methyl sites for hydroxylation is 1. The Balaban J connectivity index is 1.22. The SMILES string of the molecule is CC(C)(C)CN1CCC2(CC1)CCN(CCCn1ccnc1CC(NCCCC(=O)O)c1ncc[nH]1)C2. The van der Waals surface area contributed by atoms with Crippen molar-refractivity contribution in [1.29, 1.82) is 0 Å². The van der Waals surface area contributed by atoms with Crippen LogP contribution in [0.15, 0.2) is 24.8 Å². The molecule has 0 aromatic carbocycles. The quantitative estimate of drug-likeness (QED) is 0.352. The molecular formula is C28H47N7O2. The maximum Gasteiger partial charge on any atom is 0.303 e. The Morgan fingerprint density at radius 1 is 1.11 bits per heavy atom. The van der Waals surface area contributed by atoms with Crippen LogP contribution in [0.5, 0.6) is 0 Å². The van der Waals surface area contributed by atoms with Gasteiger partial charge in [0.15, 0.2) is 0 Å². The first kappa shape index (κ1) is 27.8. The number of likely N-dealkylation sites (tertiary alicyclic amines) is 2. The van der Waals surface area contributed by atoms with Gasteiger partial charge in [0.05, 0.1) is 6.04 Å². The first-order chi connectivity index (χ1) is 17.7. The lowest BCUT2D eigenvalue weighted by Gasteiger charge is -2.41. The highest BCUT2D eigenvalue weighted by molar-refractivity contribution is 5.66. The van der Waals surface area contributed by atoms with Gasteiger partial charge in [-0.3, -0.25) is 4.79 Å². The number of imidazole rings is 2. The average molecular weight is 514 g/mol. The van der Waals surface area contributed by atoms with Crippen LogP contribution in [0.2, 0.25) is 0 Å². The predicted molar refractivity (Wildman–Crippen MR) is 145 cm³/mol. The van der Waals surface area contributed by atoms with Gasteiger partial charge in [0.25, 0.3) is 0 Å². The van der Waals surface area contributed by atoms with Gasteiger partial charge < -0.3 is 29.8 Å². The molecule has 206 valence electrons. The van der Waals surface area contributed by atoms with Gasteiger partial charge in [-0.1, -0.05) is 20.8 Å². The average Bonchev–Trinajstić information content (AvgIpc) is 3.59. The van der Waals surface area contributed by atoms with Gasteiger partial charge in [0.2, 0.25) is 0 Å². The van der Waals surface area contributed by atoms with Crippen molar-refractivity contribution in [2.24, 2.45) is 10.8 Å². The fourth-order valence-corrected chi connectivity index (χ4v) is 6.11. The molecule has 9 nitrogen and oxygen atoms in total. The van der Waals surface area contributed by atoms with Crippen molar-refractivity contribution in [2.45, 2.75) is 78.3 Å². The standard InChI is InChI=1S/C28H47N7O2/c1-27(2,3)21-34-17-8-28(9-18-34)7-16-33(22-28)14-5-15-35-19-13-30-24(35)20-23(26-31-11-12-32-26)29-10-4-6-25(36)37/h11-13,19,23,29H,4-10,14-18,20-22H2,1-3H3,(H,31,32)(H,36,37). The Kier molecular flexibility index (Phi) is 9.42. The van der Waals surface area contributed by atoms with Crippen LogP contribution in [0.3, 0.4) is 0 Å². The van der Waals surface area contributed by atoms with E-state index in [2.05, 4.69) is 61.6 Å². The van der Waals surface area contributed by atoms with E-state index in [1.807, 2.05) is 12.4 Å². The summed E-state index contributed by atoms with van der Waals surface area (Å²) in [6.45, 7) is 16.0. The Bertz CT molecular complexity index is 958. The van der Waals surface area contributed by atoms with Gasteiger partial charge >= 0.3 is 5.97 Å². The van der Waals surface area contributed by atoms with Gasteiger partial charge in [-0.05, 0) is 75.7 Å². The van der Waals surface area contributed by atoms with E-state index in [-0.39, 0.29) is 12.5 Å². The van der Waals surface area contributed by atoms with E-state index in [1.54, 1.807) is 6.20 Å². The number of carboxylic acids is 1. The second kappa shape index (κ2) is 12.5. The van der Waals surface area contributed by atoms with Crippen molar-refractivity contribution >= 4 is 5.97 Å². The van der Waals surface area contributed by atoms with Crippen LogP contribution in [0.1, 0.15) is 77.0 Å². The minimum atomic E-state index is -0.762. The van der Waals surface area contributed by atoms with E-state index in [9.17, 15) is 4.79 Å². The number of hydrogen-bond acceptors (Lipinski definition) is 6. The van der Waals surface area contributed by atoms with Crippen LogP contribution in [0.4, 0.5) is 0 Å². The van der Waals surface area contributed by atoms with Crippen LogP contribution in [-0.4, -0.2) is 86.2 Å². The molecule has 1 atom stereocenters. The lowest BCUT2D eigenvalue weighted by Crippen LogP contribution is -2.44. The molecule has 4 heterocycles. The molecule has 0 aliphatic carbocycles. The third-order valence-corrected chi connectivity index (χ3v) is 8.00. The molecular weight excluding hydrogens is 466 g/mol. The third kappa shape index (κ3) is 8.38. The van der Waals surface area contributed by atoms with Crippen LogP contribution >= 0.6 is 0 Å². The van der Waals surface area contributed by atoms with Crippen LogP contribution in [0.25, 0.3) is 0 Å². The number of nitrogens with zero attached hydrogens (tertiary/aromatic N) is 5. The number of rotatable bonds is 13. The van der Waals surface area contributed by atoms with Crippen LogP contribution in [-0.2, 0) is 17.8 Å². The second-order valence-electron chi connectivity index (χ2n) is 12.4.